The van der Waals surface area contributed by atoms with Gasteiger partial charge in [-0.2, -0.15) is 16.9 Å². The van der Waals surface area contributed by atoms with Gasteiger partial charge in [-0.05, 0) is 37.7 Å². The Hall–Kier alpha value is -1.79. The van der Waals surface area contributed by atoms with E-state index in [9.17, 15) is 9.90 Å². The lowest BCUT2D eigenvalue weighted by atomic mass is 10.0. The summed E-state index contributed by atoms with van der Waals surface area (Å²) >= 11 is 1.72. The van der Waals surface area contributed by atoms with Gasteiger partial charge < -0.3 is 10.4 Å². The van der Waals surface area contributed by atoms with Crippen LogP contribution in [0.15, 0.2) is 30.5 Å². The minimum absolute atomic E-state index is 0.187. The van der Waals surface area contributed by atoms with Gasteiger partial charge >= 0.3 is 0 Å². The van der Waals surface area contributed by atoms with Crippen LogP contribution >= 0.6 is 11.8 Å². The van der Waals surface area contributed by atoms with E-state index in [0.29, 0.717) is 11.3 Å². The number of hydrogen-bond acceptors (Lipinski definition) is 4. The van der Waals surface area contributed by atoms with Crippen LogP contribution in [0.5, 0.6) is 0 Å². The molecule has 1 aromatic carbocycles. The van der Waals surface area contributed by atoms with Crippen LogP contribution in [0, 0.1) is 13.8 Å². The normalized spacial score (nSPS) is 20.7. The summed E-state index contributed by atoms with van der Waals surface area (Å²) in [6.07, 6.45) is 2.31. The number of aryl methyl sites for hydroxylation is 1. The molecule has 122 valence electrons. The molecule has 1 unspecified atom stereocenters. The molecule has 0 aliphatic carbocycles. The number of benzene rings is 1. The molecule has 6 heteroatoms. The Morgan fingerprint density at radius 2 is 2.22 bits per heavy atom. The molecule has 2 N–H and O–H groups in total. The average molecular weight is 331 g/mol. The highest BCUT2D eigenvalue weighted by Gasteiger charge is 2.32. The first-order valence-electron chi connectivity index (χ1n) is 7.69. The largest absolute Gasteiger partial charge is 0.387 e. The third-order valence-electron chi connectivity index (χ3n) is 4.26. The zero-order chi connectivity index (χ0) is 16.4. The minimum atomic E-state index is -0.778. The average Bonchev–Trinajstić information content (AvgIpc) is 3.13. The number of nitrogens with zero attached hydrogens (tertiary/aromatic N) is 2. The second-order valence-electron chi connectivity index (χ2n) is 6.05. The molecule has 2 aromatic rings. The number of rotatable bonds is 4. The third-order valence-corrected chi connectivity index (χ3v) is 5.49. The summed E-state index contributed by atoms with van der Waals surface area (Å²) in [5, 5.41) is 17.5. The standard InChI is InChI=1S/C17H21N3O2S/c1-12-5-3-4-6-15(12)20-13(2)14(9-19-20)16(21)18-10-17(22)7-8-23-11-17/h3-6,9,22H,7-8,10-11H2,1-2H3,(H,18,21). The van der Waals surface area contributed by atoms with Gasteiger partial charge in [-0.15, -0.1) is 0 Å². The van der Waals surface area contributed by atoms with Gasteiger partial charge in [0.2, 0.25) is 0 Å². The van der Waals surface area contributed by atoms with Crippen LogP contribution in [0.1, 0.15) is 28.0 Å². The molecule has 0 spiro atoms. The second-order valence-corrected chi connectivity index (χ2v) is 7.16. The number of aromatic nitrogens is 2. The number of amides is 1. The molecule has 1 aliphatic rings. The van der Waals surface area contributed by atoms with Crippen LogP contribution in [-0.2, 0) is 0 Å². The topological polar surface area (TPSA) is 67.2 Å². The van der Waals surface area contributed by atoms with Crippen molar-refractivity contribution in [1.82, 2.24) is 15.1 Å². The third kappa shape index (κ3) is 3.28. The zero-order valence-electron chi connectivity index (χ0n) is 13.4. The summed E-state index contributed by atoms with van der Waals surface area (Å²) in [6, 6.07) is 7.93. The van der Waals surface area contributed by atoms with Crippen molar-refractivity contribution >= 4 is 17.7 Å². The van der Waals surface area contributed by atoms with Crippen molar-refractivity contribution < 1.29 is 9.90 Å². The molecule has 0 radical (unpaired) electrons. The number of nitrogens with one attached hydrogen (secondary N) is 1. The van der Waals surface area contributed by atoms with Gasteiger partial charge in [0.05, 0.1) is 28.7 Å². The maximum absolute atomic E-state index is 12.4. The summed E-state index contributed by atoms with van der Waals surface area (Å²) in [5.74, 6) is 1.43. The van der Waals surface area contributed by atoms with Gasteiger partial charge in [0.1, 0.15) is 0 Å². The van der Waals surface area contributed by atoms with Crippen LogP contribution in [0.25, 0.3) is 5.69 Å². The van der Waals surface area contributed by atoms with E-state index in [4.69, 9.17) is 0 Å². The highest BCUT2D eigenvalue weighted by atomic mass is 32.2. The molecule has 23 heavy (non-hydrogen) atoms. The Morgan fingerprint density at radius 3 is 2.91 bits per heavy atom. The first kappa shape index (κ1) is 16.1. The quantitative estimate of drug-likeness (QED) is 0.900. The van der Waals surface area contributed by atoms with Gasteiger partial charge in [-0.3, -0.25) is 4.79 Å². The summed E-state index contributed by atoms with van der Waals surface area (Å²) in [6.45, 7) is 4.19. The Morgan fingerprint density at radius 1 is 1.43 bits per heavy atom. The molecule has 5 nitrogen and oxygen atoms in total. The minimum Gasteiger partial charge on any atom is -0.387 e. The molecular formula is C17H21N3O2S. The van der Waals surface area contributed by atoms with E-state index in [1.807, 2.05) is 38.1 Å². The van der Waals surface area contributed by atoms with Crippen LogP contribution < -0.4 is 5.32 Å². The van der Waals surface area contributed by atoms with E-state index in [1.165, 1.54) is 0 Å². The maximum Gasteiger partial charge on any atom is 0.254 e. The molecular weight excluding hydrogens is 310 g/mol. The van der Waals surface area contributed by atoms with E-state index in [-0.39, 0.29) is 12.5 Å². The van der Waals surface area contributed by atoms with Crippen LogP contribution in [0.4, 0.5) is 0 Å². The summed E-state index contributed by atoms with van der Waals surface area (Å²) < 4.78 is 1.78. The lowest BCUT2D eigenvalue weighted by molar-refractivity contribution is 0.0612. The van der Waals surface area contributed by atoms with Gasteiger partial charge in [-0.1, -0.05) is 18.2 Å². The van der Waals surface area contributed by atoms with Crippen LogP contribution in [0.3, 0.4) is 0 Å². The lowest BCUT2D eigenvalue weighted by Gasteiger charge is -2.21. The summed E-state index contributed by atoms with van der Waals surface area (Å²) in [7, 11) is 0. The number of aliphatic hydroxyl groups is 1. The zero-order valence-corrected chi connectivity index (χ0v) is 14.2. The van der Waals surface area contributed by atoms with E-state index in [1.54, 1.807) is 22.6 Å². The van der Waals surface area contributed by atoms with Gasteiger partial charge in [0, 0.05) is 12.3 Å². The van der Waals surface area contributed by atoms with Crippen LogP contribution in [-0.4, -0.2) is 44.4 Å². The summed E-state index contributed by atoms with van der Waals surface area (Å²) in [4.78, 5) is 12.4. The number of hydrogen-bond donors (Lipinski definition) is 2. The molecule has 2 heterocycles. The first-order valence-corrected chi connectivity index (χ1v) is 8.85. The molecule has 1 aromatic heterocycles. The van der Waals surface area contributed by atoms with E-state index >= 15 is 0 Å². The number of carbonyl (C=O) groups excluding carboxylic acids is 1. The van der Waals surface area contributed by atoms with E-state index < -0.39 is 5.60 Å². The molecule has 0 bridgehead atoms. The molecule has 3 rings (SSSR count). The fourth-order valence-corrected chi connectivity index (χ4v) is 4.05. The van der Waals surface area contributed by atoms with Crippen molar-refractivity contribution in [3.63, 3.8) is 0 Å². The highest BCUT2D eigenvalue weighted by molar-refractivity contribution is 7.99. The van der Waals surface area contributed by atoms with Crippen LogP contribution in [0.2, 0.25) is 0 Å². The molecule has 0 saturated carbocycles. The fourth-order valence-electron chi connectivity index (χ4n) is 2.75. The molecule has 1 amide bonds. The van der Waals surface area contributed by atoms with Crippen molar-refractivity contribution in [3.05, 3.63) is 47.3 Å². The monoisotopic (exact) mass is 331 g/mol. The van der Waals surface area contributed by atoms with Gasteiger partial charge in [-0.25, -0.2) is 4.68 Å². The van der Waals surface area contributed by atoms with Crippen molar-refractivity contribution in [2.75, 3.05) is 18.1 Å². The van der Waals surface area contributed by atoms with Crippen molar-refractivity contribution in [2.45, 2.75) is 25.9 Å². The Bertz CT molecular complexity index is 720. The maximum atomic E-state index is 12.4. The molecule has 1 atom stereocenters. The predicted octanol–water partition coefficient (Wildman–Crippen LogP) is 2.09. The number of carbonyl (C=O) groups is 1. The number of thioether (sulfide) groups is 1. The lowest BCUT2D eigenvalue weighted by Crippen LogP contribution is -2.43. The Balaban J connectivity index is 1.76. The van der Waals surface area contributed by atoms with Crippen molar-refractivity contribution in [2.24, 2.45) is 0 Å². The second kappa shape index (κ2) is 6.37. The molecule has 1 fully saturated rings. The van der Waals surface area contributed by atoms with E-state index in [2.05, 4.69) is 10.4 Å². The number of para-hydroxylation sites is 1. The van der Waals surface area contributed by atoms with Crippen molar-refractivity contribution in [1.29, 1.82) is 0 Å². The van der Waals surface area contributed by atoms with Gasteiger partial charge in [0.25, 0.3) is 5.91 Å². The Kier molecular flexibility index (Phi) is 4.46. The molecule has 1 saturated heterocycles. The predicted molar refractivity (Wildman–Crippen MR) is 92.3 cm³/mol. The van der Waals surface area contributed by atoms with Gasteiger partial charge in [0.15, 0.2) is 0 Å². The summed E-state index contributed by atoms with van der Waals surface area (Å²) in [5.41, 5.74) is 2.63. The fraction of sp³-hybridized carbons (Fsp3) is 0.412. The SMILES string of the molecule is Cc1ccccc1-n1ncc(C(=O)NCC2(O)CCSC2)c1C. The molecule has 1 aliphatic heterocycles. The first-order chi connectivity index (χ1) is 11.0. The Labute approximate surface area is 140 Å². The highest BCUT2D eigenvalue weighted by Crippen LogP contribution is 2.27. The van der Waals surface area contributed by atoms with Crippen molar-refractivity contribution in [3.8, 4) is 5.69 Å². The smallest absolute Gasteiger partial charge is 0.254 e. The van der Waals surface area contributed by atoms with E-state index in [0.717, 1.165) is 29.1 Å².